The number of rotatable bonds is 4. The molecule has 0 saturated carbocycles. The molecule has 0 saturated heterocycles. The van der Waals surface area contributed by atoms with E-state index in [1.165, 1.54) is 0 Å². The van der Waals surface area contributed by atoms with Gasteiger partial charge in [0.25, 0.3) is 0 Å². The first-order valence-corrected chi connectivity index (χ1v) is 2.77. The van der Waals surface area contributed by atoms with Crippen molar-refractivity contribution >= 4 is 6.72 Å². The third-order valence-electron chi connectivity index (χ3n) is 0.900. The molecule has 0 atom stereocenters. The smallest absolute Gasteiger partial charge is 0.0305 e. The summed E-state index contributed by atoms with van der Waals surface area (Å²) in [5.41, 5.74) is 1.05. The normalized spacial score (nSPS) is 11.0. The number of nitrogens with zero attached hydrogens (tertiary/aromatic N) is 1. The Morgan fingerprint density at radius 2 is 2.44 bits per heavy atom. The molecule has 0 unspecified atom stereocenters. The number of hydrogen-bond acceptors (Lipinski definition) is 2. The van der Waals surface area contributed by atoms with Crippen LogP contribution in [0.5, 0.6) is 0 Å². The van der Waals surface area contributed by atoms with Gasteiger partial charge in [-0.05, 0) is 19.3 Å². The van der Waals surface area contributed by atoms with Gasteiger partial charge >= 0.3 is 0 Å². The van der Waals surface area contributed by atoms with Gasteiger partial charge in [0.1, 0.15) is 0 Å². The molecule has 0 aromatic rings. The van der Waals surface area contributed by atoms with Crippen molar-refractivity contribution in [3.05, 3.63) is 24.4 Å². The van der Waals surface area contributed by atoms with Gasteiger partial charge in [-0.3, -0.25) is 4.99 Å². The molecule has 50 valence electrons. The molecule has 2 heteroatoms. The Morgan fingerprint density at radius 1 is 1.78 bits per heavy atom. The van der Waals surface area contributed by atoms with E-state index in [-0.39, 0.29) is 0 Å². The van der Waals surface area contributed by atoms with E-state index in [1.54, 1.807) is 12.3 Å². The highest BCUT2D eigenvalue weighted by atomic mass is 14.8. The summed E-state index contributed by atoms with van der Waals surface area (Å²) in [6, 6.07) is 0. The average molecular weight is 124 g/mol. The lowest BCUT2D eigenvalue weighted by Crippen LogP contribution is -2.08. The van der Waals surface area contributed by atoms with Crippen LogP contribution in [-0.4, -0.2) is 20.3 Å². The van der Waals surface area contributed by atoms with Crippen LogP contribution in [0.3, 0.4) is 0 Å². The minimum Gasteiger partial charge on any atom is -0.316 e. The van der Waals surface area contributed by atoms with E-state index in [9.17, 15) is 0 Å². The Hall–Kier alpha value is -0.890. The lowest BCUT2D eigenvalue weighted by molar-refractivity contribution is 0.893. The number of nitrogens with one attached hydrogen (secondary N) is 1. The number of likely N-dealkylation sites (N-methyl/N-ethyl adjacent to an activating group) is 1. The highest BCUT2D eigenvalue weighted by Gasteiger charge is 1.84. The van der Waals surface area contributed by atoms with E-state index in [0.29, 0.717) is 0 Å². The molecule has 0 amide bonds. The second-order valence-corrected chi connectivity index (χ2v) is 1.62. The Kier molecular flexibility index (Phi) is 4.73. The van der Waals surface area contributed by atoms with Gasteiger partial charge in [0, 0.05) is 12.7 Å². The lowest BCUT2D eigenvalue weighted by atomic mass is 10.3. The molecule has 0 aliphatic rings. The van der Waals surface area contributed by atoms with E-state index in [1.807, 2.05) is 7.05 Å². The predicted molar refractivity (Wildman–Crippen MR) is 41.8 cm³/mol. The molecule has 0 radical (unpaired) electrons. The highest BCUT2D eigenvalue weighted by Crippen LogP contribution is 1.91. The summed E-state index contributed by atoms with van der Waals surface area (Å²) in [5.74, 6) is 0. The zero-order valence-electron chi connectivity index (χ0n) is 5.72. The molecule has 0 aromatic heterocycles. The van der Waals surface area contributed by atoms with Gasteiger partial charge in [-0.2, -0.15) is 0 Å². The van der Waals surface area contributed by atoms with Gasteiger partial charge in [0.15, 0.2) is 0 Å². The van der Waals surface area contributed by atoms with E-state index in [0.717, 1.165) is 12.1 Å². The third kappa shape index (κ3) is 3.67. The zero-order valence-corrected chi connectivity index (χ0v) is 5.72. The van der Waals surface area contributed by atoms with Gasteiger partial charge < -0.3 is 5.32 Å². The zero-order chi connectivity index (χ0) is 7.11. The Balaban J connectivity index is 3.80. The van der Waals surface area contributed by atoms with E-state index < -0.39 is 0 Å². The summed E-state index contributed by atoms with van der Waals surface area (Å²) < 4.78 is 0. The number of hydrogen-bond donors (Lipinski definition) is 1. The molecule has 0 heterocycles. The third-order valence-corrected chi connectivity index (χ3v) is 0.900. The topological polar surface area (TPSA) is 24.4 Å². The summed E-state index contributed by atoms with van der Waals surface area (Å²) in [4.78, 5) is 3.60. The fourth-order valence-corrected chi connectivity index (χ4v) is 0.492. The van der Waals surface area contributed by atoms with Crippen LogP contribution in [0.1, 0.15) is 0 Å². The summed E-state index contributed by atoms with van der Waals surface area (Å²) in [5, 5.41) is 2.98. The molecule has 0 rings (SSSR count). The van der Waals surface area contributed by atoms with Crippen LogP contribution in [0.4, 0.5) is 0 Å². The quantitative estimate of drug-likeness (QED) is 0.438. The van der Waals surface area contributed by atoms with E-state index in [4.69, 9.17) is 0 Å². The first-order chi connectivity index (χ1) is 4.35. The average Bonchev–Trinajstić information content (AvgIpc) is 1.88. The van der Waals surface area contributed by atoms with Crippen LogP contribution in [0.15, 0.2) is 29.4 Å². The lowest BCUT2D eigenvalue weighted by Gasteiger charge is -1.95. The number of aliphatic imine (C=N–C) groups is 1. The van der Waals surface area contributed by atoms with Crippen LogP contribution in [0, 0.1) is 0 Å². The van der Waals surface area contributed by atoms with E-state index >= 15 is 0 Å². The molecule has 0 spiro atoms. The van der Waals surface area contributed by atoms with Crippen molar-refractivity contribution in [2.45, 2.75) is 0 Å². The minimum absolute atomic E-state index is 0.794. The van der Waals surface area contributed by atoms with Gasteiger partial charge in [-0.15, -0.1) is 0 Å². The van der Waals surface area contributed by atoms with Crippen molar-refractivity contribution in [1.29, 1.82) is 0 Å². The first-order valence-electron chi connectivity index (χ1n) is 2.77. The van der Waals surface area contributed by atoms with Crippen LogP contribution in [-0.2, 0) is 0 Å². The fourth-order valence-electron chi connectivity index (χ4n) is 0.492. The van der Waals surface area contributed by atoms with Crippen molar-refractivity contribution < 1.29 is 0 Å². The van der Waals surface area contributed by atoms with Crippen LogP contribution < -0.4 is 5.32 Å². The molecule has 0 aromatic carbocycles. The van der Waals surface area contributed by atoms with Crippen molar-refractivity contribution in [3.63, 3.8) is 0 Å². The Bertz CT molecular complexity index is 125. The Labute approximate surface area is 56.0 Å². The van der Waals surface area contributed by atoms with Gasteiger partial charge in [0.05, 0.1) is 0 Å². The molecule has 2 nitrogen and oxygen atoms in total. The highest BCUT2D eigenvalue weighted by molar-refractivity contribution is 5.28. The van der Waals surface area contributed by atoms with Gasteiger partial charge in [-0.25, -0.2) is 0 Å². The van der Waals surface area contributed by atoms with Crippen LogP contribution in [0.2, 0.25) is 0 Å². The molecule has 0 aliphatic heterocycles. The van der Waals surface area contributed by atoms with Crippen molar-refractivity contribution in [2.24, 2.45) is 4.99 Å². The summed E-state index contributed by atoms with van der Waals surface area (Å²) >= 11 is 0. The monoisotopic (exact) mass is 124 g/mol. The maximum Gasteiger partial charge on any atom is 0.0305 e. The summed E-state index contributed by atoms with van der Waals surface area (Å²) in [6.07, 6.45) is 3.44. The molecule has 1 N–H and O–H groups in total. The SMILES string of the molecule is C=C/C(=C\N=C)CNC. The van der Waals surface area contributed by atoms with Crippen molar-refractivity contribution in [2.75, 3.05) is 13.6 Å². The summed E-state index contributed by atoms with van der Waals surface area (Å²) in [7, 11) is 1.88. The van der Waals surface area contributed by atoms with Crippen LogP contribution in [0.25, 0.3) is 0 Å². The standard InChI is InChI=1S/C7H12N2/c1-4-7(5-8-2)6-9-3/h4-5,9H,1-2,6H2,3H3/b7-5+. The van der Waals surface area contributed by atoms with Gasteiger partial charge in [0.2, 0.25) is 0 Å². The minimum atomic E-state index is 0.794. The Morgan fingerprint density at radius 3 is 2.78 bits per heavy atom. The van der Waals surface area contributed by atoms with E-state index in [2.05, 4.69) is 23.6 Å². The first kappa shape index (κ1) is 8.11. The van der Waals surface area contributed by atoms with Gasteiger partial charge in [-0.1, -0.05) is 12.7 Å². The molecule has 9 heavy (non-hydrogen) atoms. The second-order valence-electron chi connectivity index (χ2n) is 1.62. The second kappa shape index (κ2) is 5.25. The maximum atomic E-state index is 3.60. The molecule has 0 bridgehead atoms. The fraction of sp³-hybridized carbons (Fsp3) is 0.286. The molecular formula is C7H12N2. The maximum absolute atomic E-state index is 3.60. The van der Waals surface area contributed by atoms with Crippen molar-refractivity contribution in [1.82, 2.24) is 5.32 Å². The van der Waals surface area contributed by atoms with Crippen molar-refractivity contribution in [3.8, 4) is 0 Å². The van der Waals surface area contributed by atoms with Crippen LogP contribution >= 0.6 is 0 Å². The molecule has 0 fully saturated rings. The largest absolute Gasteiger partial charge is 0.316 e. The molecule has 0 aliphatic carbocycles. The summed E-state index contributed by atoms with van der Waals surface area (Å²) in [6.45, 7) is 7.73. The predicted octanol–water partition coefficient (Wildman–Crippen LogP) is 0.976. The molecular weight excluding hydrogens is 112 g/mol.